The molecule has 0 atom stereocenters. The molecule has 1 aromatic carbocycles. The molecule has 0 aromatic heterocycles. The number of hydrogen-bond donors (Lipinski definition) is 0. The molecule has 0 N–H and O–H groups in total. The summed E-state index contributed by atoms with van der Waals surface area (Å²) in [4.78, 5) is 9.53. The van der Waals surface area contributed by atoms with Crippen molar-refractivity contribution < 1.29 is 9.68 Å². The number of hydrogen-bond acceptors (Lipinski definition) is 4. The second-order valence-electron chi connectivity index (χ2n) is 3.20. The standard InChI is InChI=1S/C13H14N2O2/c1-4-8-17-14-10-12-6-5-7-13(9-12)11(2)15-16-3/h1,5-7,9-10H,8H2,2-3H3. The van der Waals surface area contributed by atoms with Gasteiger partial charge in [0.2, 0.25) is 0 Å². The number of terminal acetylenes is 1. The van der Waals surface area contributed by atoms with Gasteiger partial charge in [-0.05, 0) is 24.1 Å². The summed E-state index contributed by atoms with van der Waals surface area (Å²) in [6, 6.07) is 7.69. The maximum atomic E-state index is 5.03. The van der Waals surface area contributed by atoms with E-state index in [1.54, 1.807) is 6.21 Å². The monoisotopic (exact) mass is 230 g/mol. The molecule has 0 bridgehead atoms. The maximum absolute atomic E-state index is 5.03. The second kappa shape index (κ2) is 7.07. The highest BCUT2D eigenvalue weighted by atomic mass is 16.6. The molecule has 17 heavy (non-hydrogen) atoms. The van der Waals surface area contributed by atoms with E-state index in [0.29, 0.717) is 0 Å². The summed E-state index contributed by atoms with van der Waals surface area (Å²) in [6.45, 7) is 2.04. The van der Waals surface area contributed by atoms with Crippen molar-refractivity contribution in [2.24, 2.45) is 10.3 Å². The number of benzene rings is 1. The molecule has 0 saturated heterocycles. The zero-order chi connectivity index (χ0) is 12.5. The van der Waals surface area contributed by atoms with Crippen LogP contribution in [0.25, 0.3) is 0 Å². The normalized spacial score (nSPS) is 11.2. The van der Waals surface area contributed by atoms with Crippen LogP contribution in [-0.2, 0) is 9.68 Å². The van der Waals surface area contributed by atoms with Crippen molar-refractivity contribution in [3.05, 3.63) is 35.4 Å². The Kier molecular flexibility index (Phi) is 5.32. The average Bonchev–Trinajstić information content (AvgIpc) is 2.35. The molecule has 0 unspecified atom stereocenters. The topological polar surface area (TPSA) is 43.2 Å². The molecule has 4 nitrogen and oxygen atoms in total. The van der Waals surface area contributed by atoms with E-state index in [4.69, 9.17) is 16.1 Å². The third-order valence-electron chi connectivity index (χ3n) is 1.96. The van der Waals surface area contributed by atoms with Crippen LogP contribution in [0.4, 0.5) is 0 Å². The summed E-state index contributed by atoms with van der Waals surface area (Å²) >= 11 is 0. The third kappa shape index (κ3) is 4.39. The van der Waals surface area contributed by atoms with Crippen LogP contribution >= 0.6 is 0 Å². The molecule has 0 aliphatic heterocycles. The summed E-state index contributed by atoms with van der Waals surface area (Å²) < 4.78 is 0. The van der Waals surface area contributed by atoms with Crippen LogP contribution < -0.4 is 0 Å². The van der Waals surface area contributed by atoms with E-state index in [0.717, 1.165) is 16.8 Å². The van der Waals surface area contributed by atoms with Gasteiger partial charge < -0.3 is 9.68 Å². The average molecular weight is 230 g/mol. The van der Waals surface area contributed by atoms with Crippen LogP contribution in [0.2, 0.25) is 0 Å². The Morgan fingerprint density at radius 3 is 3.06 bits per heavy atom. The first-order chi connectivity index (χ1) is 8.27. The summed E-state index contributed by atoms with van der Waals surface area (Å²) in [5.41, 5.74) is 2.67. The van der Waals surface area contributed by atoms with Gasteiger partial charge in [0.05, 0.1) is 11.9 Å². The number of nitrogens with zero attached hydrogens (tertiary/aromatic N) is 2. The minimum Gasteiger partial charge on any atom is -0.399 e. The summed E-state index contributed by atoms with van der Waals surface area (Å²) in [6.07, 6.45) is 6.62. The first-order valence-electron chi connectivity index (χ1n) is 5.05. The van der Waals surface area contributed by atoms with Gasteiger partial charge in [-0.3, -0.25) is 0 Å². The number of rotatable bonds is 5. The molecule has 88 valence electrons. The van der Waals surface area contributed by atoms with E-state index in [1.165, 1.54) is 7.11 Å². The fourth-order valence-electron chi connectivity index (χ4n) is 1.21. The molecule has 0 aliphatic carbocycles. The van der Waals surface area contributed by atoms with Gasteiger partial charge in [-0.25, -0.2) is 0 Å². The molecule has 0 radical (unpaired) electrons. The van der Waals surface area contributed by atoms with Gasteiger partial charge in [0.15, 0.2) is 6.61 Å². The van der Waals surface area contributed by atoms with Crippen molar-refractivity contribution in [3.63, 3.8) is 0 Å². The first kappa shape index (κ1) is 12.8. The van der Waals surface area contributed by atoms with Crippen LogP contribution in [-0.4, -0.2) is 25.6 Å². The molecular weight excluding hydrogens is 216 g/mol. The van der Waals surface area contributed by atoms with Crippen molar-refractivity contribution in [2.75, 3.05) is 13.7 Å². The predicted molar refractivity (Wildman–Crippen MR) is 68.0 cm³/mol. The first-order valence-corrected chi connectivity index (χ1v) is 5.05. The van der Waals surface area contributed by atoms with E-state index in [2.05, 4.69) is 16.2 Å². The summed E-state index contributed by atoms with van der Waals surface area (Å²) in [5.74, 6) is 2.33. The molecule has 4 heteroatoms. The summed E-state index contributed by atoms with van der Waals surface area (Å²) in [7, 11) is 1.52. The minimum absolute atomic E-state index is 0.167. The molecule has 0 aliphatic rings. The van der Waals surface area contributed by atoms with Gasteiger partial charge in [0, 0.05) is 0 Å². The highest BCUT2D eigenvalue weighted by Gasteiger charge is 1.98. The Bertz CT molecular complexity index is 459. The van der Waals surface area contributed by atoms with E-state index < -0.39 is 0 Å². The van der Waals surface area contributed by atoms with Crippen LogP contribution in [0.5, 0.6) is 0 Å². The Morgan fingerprint density at radius 2 is 2.35 bits per heavy atom. The molecule has 0 spiro atoms. The lowest BCUT2D eigenvalue weighted by molar-refractivity contribution is 0.181. The molecule has 0 heterocycles. The van der Waals surface area contributed by atoms with Crippen molar-refractivity contribution in [1.82, 2.24) is 0 Å². The van der Waals surface area contributed by atoms with E-state index in [1.807, 2.05) is 31.2 Å². The Balaban J connectivity index is 2.76. The molecule has 0 saturated carbocycles. The SMILES string of the molecule is C#CCON=Cc1cccc(C(C)=NOC)c1. The molecule has 1 rings (SSSR count). The maximum Gasteiger partial charge on any atom is 0.177 e. The predicted octanol–water partition coefficient (Wildman–Crippen LogP) is 2.04. The largest absolute Gasteiger partial charge is 0.399 e. The Morgan fingerprint density at radius 1 is 1.53 bits per heavy atom. The lowest BCUT2D eigenvalue weighted by Gasteiger charge is -2.00. The van der Waals surface area contributed by atoms with Crippen molar-refractivity contribution in [1.29, 1.82) is 0 Å². The van der Waals surface area contributed by atoms with Crippen LogP contribution in [0.15, 0.2) is 34.6 Å². The molecule has 0 fully saturated rings. The van der Waals surface area contributed by atoms with Gasteiger partial charge in [-0.1, -0.05) is 34.4 Å². The van der Waals surface area contributed by atoms with Gasteiger partial charge in [-0.15, -0.1) is 6.42 Å². The Labute approximate surface area is 101 Å². The highest BCUT2D eigenvalue weighted by molar-refractivity contribution is 5.99. The number of oxime groups is 2. The van der Waals surface area contributed by atoms with Crippen LogP contribution in [0, 0.1) is 12.3 Å². The molecular formula is C13H14N2O2. The zero-order valence-electron chi connectivity index (χ0n) is 9.88. The third-order valence-corrected chi connectivity index (χ3v) is 1.96. The second-order valence-corrected chi connectivity index (χ2v) is 3.20. The Hall–Kier alpha value is -2.28. The van der Waals surface area contributed by atoms with Crippen molar-refractivity contribution >= 4 is 11.9 Å². The van der Waals surface area contributed by atoms with Crippen LogP contribution in [0.3, 0.4) is 0 Å². The van der Waals surface area contributed by atoms with E-state index in [-0.39, 0.29) is 6.61 Å². The molecule has 0 amide bonds. The van der Waals surface area contributed by atoms with Crippen LogP contribution in [0.1, 0.15) is 18.1 Å². The highest BCUT2D eigenvalue weighted by Crippen LogP contribution is 2.05. The fraction of sp³-hybridized carbons (Fsp3) is 0.231. The summed E-state index contributed by atoms with van der Waals surface area (Å²) in [5, 5.41) is 7.60. The lowest BCUT2D eigenvalue weighted by atomic mass is 10.1. The van der Waals surface area contributed by atoms with Gasteiger partial charge >= 0.3 is 0 Å². The fourth-order valence-corrected chi connectivity index (χ4v) is 1.21. The van der Waals surface area contributed by atoms with Gasteiger partial charge in [0.1, 0.15) is 7.11 Å². The molecule has 1 aromatic rings. The van der Waals surface area contributed by atoms with Gasteiger partial charge in [0.25, 0.3) is 0 Å². The van der Waals surface area contributed by atoms with E-state index >= 15 is 0 Å². The quantitative estimate of drug-likeness (QED) is 0.336. The van der Waals surface area contributed by atoms with Crippen molar-refractivity contribution in [2.45, 2.75) is 6.92 Å². The smallest absolute Gasteiger partial charge is 0.177 e. The van der Waals surface area contributed by atoms with Crippen molar-refractivity contribution in [3.8, 4) is 12.3 Å². The zero-order valence-corrected chi connectivity index (χ0v) is 9.88. The minimum atomic E-state index is 0.167. The van der Waals surface area contributed by atoms with Gasteiger partial charge in [-0.2, -0.15) is 0 Å². The lowest BCUT2D eigenvalue weighted by Crippen LogP contribution is -1.96. The van der Waals surface area contributed by atoms with E-state index in [9.17, 15) is 0 Å².